The van der Waals surface area contributed by atoms with Crippen molar-refractivity contribution >= 4 is 50.4 Å². The van der Waals surface area contributed by atoms with E-state index in [1.807, 2.05) is 60.7 Å². The van der Waals surface area contributed by atoms with E-state index in [1.165, 1.54) is 4.90 Å². The molecule has 3 N–H and O–H groups in total. The third kappa shape index (κ3) is 8.18. The lowest BCUT2D eigenvalue weighted by Crippen LogP contribution is -2.58. The number of alkyl carbamates (subject to hydrolysis) is 1. The first kappa shape index (κ1) is 41.6. The van der Waals surface area contributed by atoms with Gasteiger partial charge in [-0.25, -0.2) is 18.2 Å². The molecule has 5 aliphatic rings. The molecule has 3 aliphatic carbocycles. The Hall–Kier alpha value is -5.71. The molecule has 2 aromatic heterocycles. The fourth-order valence-corrected chi connectivity index (χ4v) is 10.4. The summed E-state index contributed by atoms with van der Waals surface area (Å²) in [6.45, 7) is 1.56. The van der Waals surface area contributed by atoms with Crippen molar-refractivity contribution in [2.75, 3.05) is 13.7 Å². The number of nitrogens with zero attached hydrogens (tertiary/aromatic N) is 4. The zero-order valence-electron chi connectivity index (χ0n) is 35.0. The third-order valence-electron chi connectivity index (χ3n) is 13.3. The number of hydrogen-bond donors (Lipinski definition) is 3. The third-order valence-corrected chi connectivity index (χ3v) is 15.4. The zero-order valence-corrected chi connectivity index (χ0v) is 35.8. The van der Waals surface area contributed by atoms with E-state index in [9.17, 15) is 27.6 Å². The summed E-state index contributed by atoms with van der Waals surface area (Å²) in [4.78, 5) is 63.3. The number of rotatable bonds is 9. The number of sulfonamides is 1. The minimum absolute atomic E-state index is 0.0217. The number of fused-ring (bicyclic) bond motifs is 5. The Morgan fingerprint density at radius 2 is 1.71 bits per heavy atom. The number of hydrogen-bond acceptors (Lipinski definition) is 11. The molecule has 0 radical (unpaired) electrons. The molecule has 1 saturated heterocycles. The first-order valence-electron chi connectivity index (χ1n) is 21.8. The molecular weight excluding hydrogens is 815 g/mol. The Morgan fingerprint density at radius 1 is 0.952 bits per heavy atom. The summed E-state index contributed by atoms with van der Waals surface area (Å²) < 4.78 is 47.3. The molecule has 2 aromatic carbocycles. The lowest BCUT2D eigenvalue weighted by atomic mass is 10.0. The Labute approximate surface area is 360 Å². The first-order valence-corrected chi connectivity index (χ1v) is 23.3. The Morgan fingerprint density at radius 3 is 2.47 bits per heavy atom. The molecule has 4 amide bonds. The van der Waals surface area contributed by atoms with Crippen LogP contribution in [-0.2, 0) is 29.1 Å². The number of aromatic nitrogens is 3. The Balaban J connectivity index is 1.05. The van der Waals surface area contributed by atoms with Gasteiger partial charge in [-0.15, -0.1) is 0 Å². The Kier molecular flexibility index (Phi) is 11.1. The van der Waals surface area contributed by atoms with E-state index in [4.69, 9.17) is 24.3 Å². The molecule has 0 spiro atoms. The van der Waals surface area contributed by atoms with Gasteiger partial charge in [0.2, 0.25) is 27.7 Å². The molecule has 62 heavy (non-hydrogen) atoms. The highest BCUT2D eigenvalue weighted by molar-refractivity contribution is 7.91. The van der Waals surface area contributed by atoms with Gasteiger partial charge in [-0.1, -0.05) is 37.1 Å². The summed E-state index contributed by atoms with van der Waals surface area (Å²) in [6.07, 6.45) is 9.91. The van der Waals surface area contributed by atoms with Crippen LogP contribution in [0.2, 0.25) is 0 Å². The van der Waals surface area contributed by atoms with Crippen LogP contribution in [0.5, 0.6) is 11.6 Å². The number of ether oxygens (including phenoxy) is 3. The van der Waals surface area contributed by atoms with E-state index in [0.29, 0.717) is 60.6 Å². The van der Waals surface area contributed by atoms with Crippen molar-refractivity contribution < 1.29 is 41.8 Å². The molecule has 2 aliphatic heterocycles. The summed E-state index contributed by atoms with van der Waals surface area (Å²) in [6, 6.07) is 14.7. The van der Waals surface area contributed by atoms with Crippen LogP contribution >= 0.6 is 0 Å². The smallest absolute Gasteiger partial charge is 0.408 e. The first-order chi connectivity index (χ1) is 29.9. The van der Waals surface area contributed by atoms with Crippen molar-refractivity contribution in [1.29, 1.82) is 0 Å². The van der Waals surface area contributed by atoms with Crippen LogP contribution in [0.25, 0.3) is 27.8 Å². The van der Waals surface area contributed by atoms with Gasteiger partial charge >= 0.3 is 6.09 Å². The van der Waals surface area contributed by atoms with Crippen molar-refractivity contribution in [1.82, 2.24) is 34.9 Å². The molecule has 5 atom stereocenters. The van der Waals surface area contributed by atoms with Crippen LogP contribution < -0.4 is 24.8 Å². The maximum Gasteiger partial charge on any atom is 0.408 e. The normalized spacial score (nSPS) is 27.0. The maximum absolute atomic E-state index is 14.8. The highest BCUT2D eigenvalue weighted by atomic mass is 32.2. The van der Waals surface area contributed by atoms with E-state index >= 15 is 0 Å². The van der Waals surface area contributed by atoms with Gasteiger partial charge in [-0.05, 0) is 108 Å². The summed E-state index contributed by atoms with van der Waals surface area (Å²) in [5.41, 5.74) is 1.10. The fourth-order valence-electron chi connectivity index (χ4n) is 9.05. The van der Waals surface area contributed by atoms with Gasteiger partial charge < -0.3 is 29.7 Å². The van der Waals surface area contributed by atoms with Gasteiger partial charge in [0.15, 0.2) is 5.65 Å². The van der Waals surface area contributed by atoms with Crippen molar-refractivity contribution in [2.45, 2.75) is 125 Å². The largest absolute Gasteiger partial charge is 0.497 e. The number of benzene rings is 2. The highest BCUT2D eigenvalue weighted by Gasteiger charge is 2.63. The topological polar surface area (TPSA) is 200 Å². The number of carbonyl (C=O) groups is 4. The lowest BCUT2D eigenvalue weighted by Gasteiger charge is -2.30. The lowest BCUT2D eigenvalue weighted by molar-refractivity contribution is -0.141. The molecule has 16 nitrogen and oxygen atoms in total. The van der Waals surface area contributed by atoms with E-state index in [1.54, 1.807) is 24.6 Å². The minimum atomic E-state index is -4.01. The van der Waals surface area contributed by atoms with Gasteiger partial charge in [0.25, 0.3) is 5.91 Å². The summed E-state index contributed by atoms with van der Waals surface area (Å²) >= 11 is 0. The van der Waals surface area contributed by atoms with E-state index in [2.05, 4.69) is 15.4 Å². The van der Waals surface area contributed by atoms with Crippen LogP contribution in [0.1, 0.15) is 90.4 Å². The summed E-state index contributed by atoms with van der Waals surface area (Å²) in [7, 11) is -2.42. The van der Waals surface area contributed by atoms with E-state index in [0.717, 1.165) is 49.5 Å². The monoisotopic (exact) mass is 867 g/mol. The number of methoxy groups -OCH3 is 1. The summed E-state index contributed by atoms with van der Waals surface area (Å²) in [5, 5.41) is 11.4. The van der Waals surface area contributed by atoms with Gasteiger partial charge in [0.1, 0.15) is 35.6 Å². The number of nitrogens with one attached hydrogen (secondary N) is 3. The standard InChI is InChI=1S/C45H53N7O9S/c1-44(22-23-44)62(57,58)50-42(55)45-26-29(45)12-6-4-3-5-7-17-35(47-43(56)61-31-13-8-9-14-31)41(54)51-27-32(24-37(51)40(53)48-45)60-38-25-36(28-18-20-30(59-2)21-19-28)46-39-33-15-10-11-16-34(33)49-52(38)39/h6,10-12,15-16,18-21,25,29,31-32,35,37H,3-5,7-9,13-14,17,22-24,26-27H2,1-2H3,(H,47,56)(H,48,53)(H,50,55)/b12-6-/t29-,32-,35+,37+,45-/m1/s1. The van der Waals surface area contributed by atoms with Crippen molar-refractivity contribution in [2.24, 2.45) is 5.92 Å². The van der Waals surface area contributed by atoms with Crippen molar-refractivity contribution in [3.05, 3.63) is 66.7 Å². The second-order valence-corrected chi connectivity index (χ2v) is 19.9. The average Bonchev–Trinajstić information content (AvgIpc) is 3.92. The molecule has 4 fully saturated rings. The van der Waals surface area contributed by atoms with E-state index in [-0.39, 0.29) is 25.5 Å². The van der Waals surface area contributed by atoms with Gasteiger partial charge in [-0.3, -0.25) is 19.1 Å². The highest BCUT2D eigenvalue weighted by Crippen LogP contribution is 2.47. The molecule has 0 unspecified atom stereocenters. The predicted molar refractivity (Wildman–Crippen MR) is 229 cm³/mol. The molecule has 9 rings (SSSR count). The van der Waals surface area contributed by atoms with Crippen molar-refractivity contribution in [3.63, 3.8) is 0 Å². The molecule has 17 heteroatoms. The minimum Gasteiger partial charge on any atom is -0.497 e. The molecule has 4 heterocycles. The van der Waals surface area contributed by atoms with Crippen molar-refractivity contribution in [3.8, 4) is 22.9 Å². The van der Waals surface area contributed by atoms with Gasteiger partial charge in [-0.2, -0.15) is 9.61 Å². The predicted octanol–water partition coefficient (Wildman–Crippen LogP) is 5.34. The quantitative estimate of drug-likeness (QED) is 0.184. The number of carbonyl (C=O) groups excluding carboxylic acids is 4. The zero-order chi connectivity index (χ0) is 43.2. The molecule has 4 aromatic rings. The fraction of sp³-hybridized carbons (Fsp3) is 0.511. The van der Waals surface area contributed by atoms with Gasteiger partial charge in [0.05, 0.1) is 29.6 Å². The van der Waals surface area contributed by atoms with Crippen LogP contribution in [0.4, 0.5) is 4.79 Å². The summed E-state index contributed by atoms with van der Waals surface area (Å²) in [5.74, 6) is -1.35. The van der Waals surface area contributed by atoms with Crippen LogP contribution in [0.15, 0.2) is 66.7 Å². The second-order valence-electron chi connectivity index (χ2n) is 17.7. The maximum atomic E-state index is 14.8. The Bertz CT molecular complexity index is 2530. The second kappa shape index (κ2) is 16.5. The molecule has 0 bridgehead atoms. The van der Waals surface area contributed by atoms with Crippen LogP contribution in [-0.4, -0.2) is 100.0 Å². The van der Waals surface area contributed by atoms with Gasteiger partial charge in [0, 0.05) is 29.4 Å². The number of allylic oxidation sites excluding steroid dienone is 1. The molecule has 3 saturated carbocycles. The van der Waals surface area contributed by atoms with Crippen LogP contribution in [0, 0.1) is 5.92 Å². The SMILES string of the molecule is COc1ccc(-c2cc(O[C@@H]3C[C@H]4C(=O)N[C@]5(C(=O)NS(=O)(=O)C6(C)CC6)C[C@H]5/C=C\CCCCC[C@H](NC(=O)OC5CCCC5)C(=O)N4C3)n3nc4ccccc4c3n2)cc1. The van der Waals surface area contributed by atoms with Crippen LogP contribution in [0.3, 0.4) is 0 Å². The average molecular weight is 868 g/mol. The van der Waals surface area contributed by atoms with E-state index < -0.39 is 68.2 Å². The molecular formula is C45H53N7O9S. The molecule has 328 valence electrons. The number of amides is 4.